The van der Waals surface area contributed by atoms with E-state index in [4.69, 9.17) is 0 Å². The number of allylic oxidation sites excluding steroid dienone is 1. The number of nitrogens with one attached hydrogen (secondary N) is 1. The molecule has 0 radical (unpaired) electrons. The van der Waals surface area contributed by atoms with Crippen molar-refractivity contribution < 1.29 is 0 Å². The quantitative estimate of drug-likeness (QED) is 0.341. The van der Waals surface area contributed by atoms with Crippen LogP contribution in [0.25, 0.3) is 0 Å². The summed E-state index contributed by atoms with van der Waals surface area (Å²) in [5.41, 5.74) is 0. The van der Waals surface area contributed by atoms with Crippen LogP contribution in [0.5, 0.6) is 0 Å². The lowest BCUT2D eigenvalue weighted by atomic mass is 10.8. The van der Waals surface area contributed by atoms with Crippen molar-refractivity contribution in [2.75, 3.05) is 13.1 Å². The van der Waals surface area contributed by atoms with Gasteiger partial charge in [0, 0.05) is 13.1 Å². The lowest BCUT2D eigenvalue weighted by molar-refractivity contribution is 1.34. The molecular formula is C5H11N. The largest absolute Gasteiger partial charge is 0.314 e. The predicted octanol–water partition coefficient (Wildman–Crippen LogP) is 0.782. The molecule has 0 aliphatic carbocycles. The fourth-order valence-corrected chi connectivity index (χ4v) is 0. The van der Waals surface area contributed by atoms with Gasteiger partial charge in [-0.2, -0.15) is 0 Å². The van der Waals surface area contributed by atoms with Gasteiger partial charge in [0.15, 0.2) is 0 Å². The zero-order chi connectivity index (χ0) is 4.83. The number of rotatable bonds is 0. The molecule has 0 aromatic heterocycles. The van der Waals surface area contributed by atoms with E-state index in [1.165, 1.54) is 13.1 Å². The summed E-state index contributed by atoms with van der Waals surface area (Å²) in [5, 5.41) is 3.00. The van der Waals surface area contributed by atoms with Gasteiger partial charge in [0.25, 0.3) is 0 Å². The fourth-order valence-electron chi connectivity index (χ4n) is 0. The van der Waals surface area contributed by atoms with E-state index in [0.29, 0.717) is 0 Å². The minimum atomic E-state index is 1.25. The van der Waals surface area contributed by atoms with Crippen molar-refractivity contribution in [2.24, 2.45) is 0 Å². The van der Waals surface area contributed by atoms with E-state index >= 15 is 0 Å². The summed E-state index contributed by atoms with van der Waals surface area (Å²) in [5.74, 6) is 0. The Morgan fingerprint density at radius 3 is 1.83 bits per heavy atom. The maximum Gasteiger partial charge on any atom is 0.00772 e. The molecule has 1 aliphatic rings. The third kappa shape index (κ3) is 55.0. The van der Waals surface area contributed by atoms with Crippen LogP contribution in [0.15, 0.2) is 12.7 Å². The first-order valence-electron chi connectivity index (χ1n) is 2.19. The summed E-state index contributed by atoms with van der Waals surface area (Å²) in [6.07, 6.45) is 1.75. The highest BCUT2D eigenvalue weighted by Crippen LogP contribution is 1.65. The van der Waals surface area contributed by atoms with Crippen LogP contribution in [-0.2, 0) is 0 Å². The Balaban J connectivity index is 0.0000000833. The van der Waals surface area contributed by atoms with Crippen LogP contribution < -0.4 is 5.32 Å². The number of hydrogen-bond acceptors (Lipinski definition) is 1. The Kier molecular flexibility index (Phi) is 4.46. The van der Waals surface area contributed by atoms with Crippen molar-refractivity contribution in [1.29, 1.82) is 0 Å². The number of hydrogen-bond donors (Lipinski definition) is 1. The molecule has 6 heavy (non-hydrogen) atoms. The van der Waals surface area contributed by atoms with Gasteiger partial charge < -0.3 is 5.32 Å². The Hall–Kier alpha value is -0.300. The van der Waals surface area contributed by atoms with Gasteiger partial charge in [0.05, 0.1) is 0 Å². The monoisotopic (exact) mass is 85.1 g/mol. The van der Waals surface area contributed by atoms with Gasteiger partial charge in [-0.25, -0.2) is 0 Å². The van der Waals surface area contributed by atoms with Crippen LogP contribution in [0.1, 0.15) is 6.92 Å². The molecule has 1 heterocycles. The van der Waals surface area contributed by atoms with Gasteiger partial charge in [0.2, 0.25) is 0 Å². The molecule has 0 bridgehead atoms. The highest BCUT2D eigenvalue weighted by molar-refractivity contribution is 4.58. The fraction of sp³-hybridized carbons (Fsp3) is 0.600. The van der Waals surface area contributed by atoms with Gasteiger partial charge in [-0.1, -0.05) is 6.08 Å². The standard InChI is InChI=1S/C3H6.C2H5N/c1-3-2;1-2-3-1/h3H,1H2,2H3;3H,1-2H2. The molecule has 1 fully saturated rings. The molecule has 0 amide bonds. The molecule has 1 heteroatoms. The van der Waals surface area contributed by atoms with Crippen LogP contribution in [-0.4, -0.2) is 13.1 Å². The summed E-state index contributed by atoms with van der Waals surface area (Å²) < 4.78 is 0. The third-order valence-electron chi connectivity index (χ3n) is 0.250. The van der Waals surface area contributed by atoms with Crippen molar-refractivity contribution in [1.82, 2.24) is 5.32 Å². The summed E-state index contributed by atoms with van der Waals surface area (Å²) in [6.45, 7) is 7.75. The summed E-state index contributed by atoms with van der Waals surface area (Å²) in [4.78, 5) is 0. The first-order chi connectivity index (χ1) is 2.91. The predicted molar refractivity (Wildman–Crippen MR) is 28.7 cm³/mol. The summed E-state index contributed by atoms with van der Waals surface area (Å²) >= 11 is 0. The molecule has 0 atom stereocenters. The van der Waals surface area contributed by atoms with Crippen molar-refractivity contribution in [2.45, 2.75) is 6.92 Å². The average Bonchev–Trinajstić information content (AvgIpc) is 2.11. The lowest BCUT2D eigenvalue weighted by Crippen LogP contribution is -1.56. The van der Waals surface area contributed by atoms with E-state index in [0.717, 1.165) is 0 Å². The lowest BCUT2D eigenvalue weighted by Gasteiger charge is -1.31. The normalized spacial score (nSPS) is 14.2. The Morgan fingerprint density at radius 1 is 1.67 bits per heavy atom. The maximum atomic E-state index is 3.36. The molecule has 0 spiro atoms. The second-order valence-corrected chi connectivity index (χ2v) is 1.16. The Bertz CT molecular complexity index is 28.2. The first kappa shape index (κ1) is 5.70. The van der Waals surface area contributed by atoms with Gasteiger partial charge in [0.1, 0.15) is 0 Å². The van der Waals surface area contributed by atoms with Crippen LogP contribution in [0, 0.1) is 0 Å². The Morgan fingerprint density at radius 2 is 1.83 bits per heavy atom. The van der Waals surface area contributed by atoms with Crippen LogP contribution >= 0.6 is 0 Å². The Labute approximate surface area is 39.1 Å². The van der Waals surface area contributed by atoms with Crippen LogP contribution in [0.3, 0.4) is 0 Å². The van der Waals surface area contributed by atoms with E-state index in [2.05, 4.69) is 11.9 Å². The molecular weight excluding hydrogens is 74.1 g/mol. The van der Waals surface area contributed by atoms with Gasteiger partial charge in [-0.05, 0) is 6.92 Å². The SMILES string of the molecule is C1CN1.C=CC. The maximum absolute atomic E-state index is 3.36. The van der Waals surface area contributed by atoms with Gasteiger partial charge >= 0.3 is 0 Å². The average molecular weight is 85.1 g/mol. The van der Waals surface area contributed by atoms with Gasteiger partial charge in [-0.3, -0.25) is 0 Å². The highest BCUT2D eigenvalue weighted by Gasteiger charge is 1.91. The van der Waals surface area contributed by atoms with E-state index in [1.54, 1.807) is 6.08 Å². The molecule has 1 saturated heterocycles. The van der Waals surface area contributed by atoms with E-state index < -0.39 is 0 Å². The topological polar surface area (TPSA) is 21.9 Å². The zero-order valence-electron chi connectivity index (χ0n) is 4.20. The second-order valence-electron chi connectivity index (χ2n) is 1.16. The first-order valence-corrected chi connectivity index (χ1v) is 2.19. The van der Waals surface area contributed by atoms with Crippen molar-refractivity contribution in [3.63, 3.8) is 0 Å². The van der Waals surface area contributed by atoms with E-state index in [1.807, 2.05) is 6.92 Å². The summed E-state index contributed by atoms with van der Waals surface area (Å²) in [7, 11) is 0. The van der Waals surface area contributed by atoms with E-state index in [-0.39, 0.29) is 0 Å². The molecule has 1 rings (SSSR count). The third-order valence-corrected chi connectivity index (χ3v) is 0.250. The van der Waals surface area contributed by atoms with Crippen molar-refractivity contribution in [3.05, 3.63) is 12.7 Å². The summed E-state index contributed by atoms with van der Waals surface area (Å²) in [6, 6.07) is 0. The minimum absolute atomic E-state index is 1.25. The van der Waals surface area contributed by atoms with Gasteiger partial charge in [-0.15, -0.1) is 6.58 Å². The van der Waals surface area contributed by atoms with Crippen molar-refractivity contribution in [3.8, 4) is 0 Å². The van der Waals surface area contributed by atoms with E-state index in [9.17, 15) is 0 Å². The minimum Gasteiger partial charge on any atom is -0.314 e. The molecule has 1 aliphatic heterocycles. The molecule has 0 unspecified atom stereocenters. The molecule has 1 N–H and O–H groups in total. The molecule has 1 nitrogen and oxygen atoms in total. The molecule has 0 saturated carbocycles. The highest BCUT2D eigenvalue weighted by atomic mass is 15.0. The second kappa shape index (κ2) is 4.70. The molecule has 36 valence electrons. The molecule has 0 aromatic carbocycles. The van der Waals surface area contributed by atoms with Crippen molar-refractivity contribution >= 4 is 0 Å². The van der Waals surface area contributed by atoms with Crippen LogP contribution in [0.2, 0.25) is 0 Å². The molecule has 0 aromatic rings. The smallest absolute Gasteiger partial charge is 0.00772 e. The van der Waals surface area contributed by atoms with Crippen LogP contribution in [0.4, 0.5) is 0 Å². The zero-order valence-corrected chi connectivity index (χ0v) is 4.20.